The van der Waals surface area contributed by atoms with E-state index in [9.17, 15) is 19.3 Å². The van der Waals surface area contributed by atoms with Crippen LogP contribution in [0.25, 0.3) is 0 Å². The normalized spacial score (nSPS) is 22.1. The van der Waals surface area contributed by atoms with Gasteiger partial charge in [-0.15, -0.1) is 15.1 Å². The third kappa shape index (κ3) is 2.75. The van der Waals surface area contributed by atoms with Crippen molar-refractivity contribution in [2.45, 2.75) is 13.0 Å². The van der Waals surface area contributed by atoms with E-state index in [0.717, 1.165) is 4.90 Å². The zero-order valence-electron chi connectivity index (χ0n) is 12.7. The Hall–Kier alpha value is -2.52. The summed E-state index contributed by atoms with van der Waals surface area (Å²) in [7, 11) is 0. The molecule has 1 aromatic rings. The van der Waals surface area contributed by atoms with Gasteiger partial charge in [-0.05, 0) is 25.1 Å². The molecule has 1 aromatic carbocycles. The topological polar surface area (TPSA) is 109 Å². The lowest BCUT2D eigenvalue weighted by molar-refractivity contribution is -0.136. The van der Waals surface area contributed by atoms with Gasteiger partial charge in [-0.3, -0.25) is 9.59 Å². The second-order valence-electron chi connectivity index (χ2n) is 5.17. The van der Waals surface area contributed by atoms with Crippen LogP contribution in [-0.4, -0.2) is 41.3 Å². The molecule has 1 saturated heterocycles. The number of hydrogen-bond acceptors (Lipinski definition) is 7. The van der Waals surface area contributed by atoms with Gasteiger partial charge in [0.2, 0.25) is 5.91 Å². The quantitative estimate of drug-likeness (QED) is 0.444. The van der Waals surface area contributed by atoms with Crippen LogP contribution >= 0.6 is 23.2 Å². The predicted octanol–water partition coefficient (Wildman–Crippen LogP) is 1.77. The van der Waals surface area contributed by atoms with Crippen LogP contribution in [0, 0.1) is 10.8 Å². The number of ether oxygens (including phenoxy) is 1. The number of nitroso groups, excluding NO2 is 1. The lowest BCUT2D eigenvalue weighted by Gasteiger charge is -2.17. The molecule has 2 atom stereocenters. The average molecular weight is 385 g/mol. The number of carbonyl (C=O) groups is 3. The van der Waals surface area contributed by atoms with Crippen LogP contribution in [0.15, 0.2) is 28.6 Å². The number of imide groups is 1. The maximum Gasteiger partial charge on any atom is 0.355 e. The molecule has 0 radical (unpaired) electrons. The largest absolute Gasteiger partial charge is 0.461 e. The first-order valence-corrected chi connectivity index (χ1v) is 7.86. The van der Waals surface area contributed by atoms with Crippen LogP contribution in [0.1, 0.15) is 6.92 Å². The van der Waals surface area contributed by atoms with Crippen LogP contribution in [-0.2, 0) is 19.1 Å². The van der Waals surface area contributed by atoms with Crippen molar-refractivity contribution in [3.63, 3.8) is 0 Å². The number of esters is 1. The second kappa shape index (κ2) is 6.41. The van der Waals surface area contributed by atoms with E-state index in [1.54, 1.807) is 6.92 Å². The number of hydrogen-bond donors (Lipinski definition) is 0. The van der Waals surface area contributed by atoms with Crippen LogP contribution in [0.4, 0.5) is 5.69 Å². The summed E-state index contributed by atoms with van der Waals surface area (Å²) in [5, 5.41) is 7.19. The second-order valence-corrected chi connectivity index (χ2v) is 6.04. The van der Waals surface area contributed by atoms with E-state index in [2.05, 4.69) is 10.4 Å². The molecule has 2 amide bonds. The maximum atomic E-state index is 12.8. The highest BCUT2D eigenvalue weighted by atomic mass is 35.5. The smallest absolute Gasteiger partial charge is 0.355 e. The Labute approximate surface area is 151 Å². The molecule has 2 aliphatic heterocycles. The van der Waals surface area contributed by atoms with E-state index < -0.39 is 29.7 Å². The van der Waals surface area contributed by atoms with Gasteiger partial charge >= 0.3 is 5.97 Å². The monoisotopic (exact) mass is 384 g/mol. The zero-order chi connectivity index (χ0) is 18.3. The summed E-state index contributed by atoms with van der Waals surface area (Å²) in [5.41, 5.74) is -0.226. The van der Waals surface area contributed by atoms with Crippen molar-refractivity contribution in [1.29, 1.82) is 0 Å². The average Bonchev–Trinajstić information content (AvgIpc) is 3.04. The van der Waals surface area contributed by atoms with E-state index >= 15 is 0 Å². The number of amides is 2. The predicted molar refractivity (Wildman–Crippen MR) is 87.9 cm³/mol. The minimum absolute atomic E-state index is 0.0412. The molecule has 2 aliphatic rings. The minimum Gasteiger partial charge on any atom is -0.461 e. The summed E-state index contributed by atoms with van der Waals surface area (Å²) in [6.07, 6.45) is 0. The van der Waals surface area contributed by atoms with Gasteiger partial charge in [-0.25, -0.2) is 9.69 Å². The number of halogens is 2. The Morgan fingerprint density at radius 1 is 1.24 bits per heavy atom. The number of anilines is 1. The number of nitrogens with zero attached hydrogens (tertiary/aromatic N) is 4. The van der Waals surface area contributed by atoms with Crippen LogP contribution in [0.2, 0.25) is 10.0 Å². The first kappa shape index (κ1) is 17.3. The molecular formula is C14H10Cl2N4O5. The molecule has 2 heterocycles. The first-order valence-electron chi connectivity index (χ1n) is 7.11. The van der Waals surface area contributed by atoms with Crippen molar-refractivity contribution in [2.24, 2.45) is 16.3 Å². The Bertz CT molecular complexity index is 807. The molecule has 0 saturated carbocycles. The fourth-order valence-electron chi connectivity index (χ4n) is 2.76. The van der Waals surface area contributed by atoms with E-state index in [1.165, 1.54) is 18.2 Å². The summed E-state index contributed by atoms with van der Waals surface area (Å²) in [4.78, 5) is 49.2. The Morgan fingerprint density at radius 3 is 2.44 bits per heavy atom. The van der Waals surface area contributed by atoms with Gasteiger partial charge in [-0.2, -0.15) is 0 Å². The van der Waals surface area contributed by atoms with Crippen molar-refractivity contribution in [2.75, 3.05) is 11.5 Å². The summed E-state index contributed by atoms with van der Waals surface area (Å²) in [5.74, 6) is -3.69. The van der Waals surface area contributed by atoms with Gasteiger partial charge < -0.3 is 4.74 Å². The molecule has 25 heavy (non-hydrogen) atoms. The van der Waals surface area contributed by atoms with Crippen molar-refractivity contribution >= 4 is 52.4 Å². The summed E-state index contributed by atoms with van der Waals surface area (Å²) >= 11 is 11.8. The van der Waals surface area contributed by atoms with Crippen molar-refractivity contribution < 1.29 is 19.1 Å². The van der Waals surface area contributed by atoms with E-state index in [-0.39, 0.29) is 28.1 Å². The Kier molecular flexibility index (Phi) is 4.44. The molecule has 1 fully saturated rings. The molecule has 0 bridgehead atoms. The van der Waals surface area contributed by atoms with E-state index in [4.69, 9.17) is 27.9 Å². The highest BCUT2D eigenvalue weighted by Crippen LogP contribution is 2.37. The lowest BCUT2D eigenvalue weighted by Crippen LogP contribution is -2.36. The van der Waals surface area contributed by atoms with Crippen molar-refractivity contribution in [1.82, 2.24) is 5.12 Å². The van der Waals surface area contributed by atoms with Gasteiger partial charge in [0, 0.05) is 10.0 Å². The van der Waals surface area contributed by atoms with Gasteiger partial charge in [0.15, 0.2) is 11.8 Å². The summed E-state index contributed by atoms with van der Waals surface area (Å²) in [6.45, 7) is 1.61. The minimum atomic E-state index is -1.35. The molecule has 0 N–H and O–H groups in total. The third-order valence-corrected chi connectivity index (χ3v) is 4.14. The molecule has 9 nitrogen and oxygen atoms in total. The van der Waals surface area contributed by atoms with Crippen molar-refractivity contribution in [3.05, 3.63) is 33.2 Å². The number of fused-ring (bicyclic) bond motifs is 1. The SMILES string of the molecule is CCOC(=O)C1=NN(N=O)[C@@H]2C(=O)N(c3cc(Cl)cc(Cl)c3)C(=O)[C@@H]12. The molecule has 0 unspecified atom stereocenters. The third-order valence-electron chi connectivity index (χ3n) is 3.70. The Morgan fingerprint density at radius 2 is 1.88 bits per heavy atom. The van der Waals surface area contributed by atoms with Gasteiger partial charge in [0.1, 0.15) is 5.92 Å². The maximum absolute atomic E-state index is 12.8. The van der Waals surface area contributed by atoms with Crippen LogP contribution in [0.5, 0.6) is 0 Å². The fourth-order valence-corrected chi connectivity index (χ4v) is 3.27. The summed E-state index contributed by atoms with van der Waals surface area (Å²) in [6, 6.07) is 2.82. The zero-order valence-corrected chi connectivity index (χ0v) is 14.2. The number of benzene rings is 1. The van der Waals surface area contributed by atoms with E-state index in [0.29, 0.717) is 5.12 Å². The first-order chi connectivity index (χ1) is 11.9. The highest BCUT2D eigenvalue weighted by molar-refractivity contribution is 6.46. The molecule has 0 aliphatic carbocycles. The van der Waals surface area contributed by atoms with Crippen LogP contribution in [0.3, 0.4) is 0 Å². The molecule has 0 aromatic heterocycles. The molecular weight excluding hydrogens is 375 g/mol. The van der Waals surface area contributed by atoms with E-state index in [1.807, 2.05) is 0 Å². The fraction of sp³-hybridized carbons (Fsp3) is 0.286. The number of rotatable bonds is 4. The van der Waals surface area contributed by atoms with Gasteiger partial charge in [-0.1, -0.05) is 23.2 Å². The summed E-state index contributed by atoms with van der Waals surface area (Å²) < 4.78 is 4.83. The molecule has 11 heteroatoms. The lowest BCUT2D eigenvalue weighted by atomic mass is 9.98. The van der Waals surface area contributed by atoms with Crippen molar-refractivity contribution in [3.8, 4) is 0 Å². The number of hydrazone groups is 1. The Balaban J connectivity index is 2.03. The molecule has 0 spiro atoms. The number of carbonyl (C=O) groups excluding carboxylic acids is 3. The standard InChI is InChI=1S/C14H10Cl2N4O5/c1-2-25-14(23)10-9-11(20(17-10)18-24)13(22)19(12(9)21)8-4-6(15)3-7(16)5-8/h3-5,9,11H,2H2,1H3/t9-,11-/m0/s1. The van der Waals surface area contributed by atoms with Gasteiger partial charge in [0.05, 0.1) is 17.6 Å². The highest BCUT2D eigenvalue weighted by Gasteiger charge is 2.59. The molecule has 3 rings (SSSR count). The van der Waals surface area contributed by atoms with Crippen LogP contribution < -0.4 is 4.90 Å². The molecule has 130 valence electrons. The van der Waals surface area contributed by atoms with Gasteiger partial charge in [0.25, 0.3) is 5.91 Å².